The molecule has 0 radical (unpaired) electrons. The van der Waals surface area contributed by atoms with E-state index in [1.807, 2.05) is 13.0 Å². The van der Waals surface area contributed by atoms with Gasteiger partial charge >= 0.3 is 0 Å². The summed E-state index contributed by atoms with van der Waals surface area (Å²) in [6.07, 6.45) is 4.67. The van der Waals surface area contributed by atoms with Crippen molar-refractivity contribution in [1.29, 1.82) is 0 Å². The molecule has 2 aromatic rings. The van der Waals surface area contributed by atoms with Crippen molar-refractivity contribution < 1.29 is 0 Å². The molecule has 4 nitrogen and oxygen atoms in total. The highest BCUT2D eigenvalue weighted by Crippen LogP contribution is 2.18. The lowest BCUT2D eigenvalue weighted by atomic mass is 10.1. The number of rotatable bonds is 8. The van der Waals surface area contributed by atoms with Gasteiger partial charge in [0.15, 0.2) is 5.82 Å². The van der Waals surface area contributed by atoms with Crippen molar-refractivity contribution in [3.05, 3.63) is 41.6 Å². The fourth-order valence-corrected chi connectivity index (χ4v) is 2.33. The second-order valence-corrected chi connectivity index (χ2v) is 5.71. The minimum absolute atomic E-state index is 0.783. The first-order valence-electron chi connectivity index (χ1n) is 8.05. The third kappa shape index (κ3) is 5.11. The summed E-state index contributed by atoms with van der Waals surface area (Å²) in [7, 11) is 0. The van der Waals surface area contributed by atoms with Crippen molar-refractivity contribution in [3.63, 3.8) is 0 Å². The first-order chi connectivity index (χ1) is 10.7. The molecule has 0 bridgehead atoms. The number of aryl methyl sites for hydroxylation is 2. The van der Waals surface area contributed by atoms with Crippen molar-refractivity contribution >= 4 is 5.82 Å². The number of nitrogens with zero attached hydrogens (tertiary/aromatic N) is 2. The van der Waals surface area contributed by atoms with Gasteiger partial charge in [0.1, 0.15) is 5.82 Å². The van der Waals surface area contributed by atoms with Crippen molar-refractivity contribution in [2.24, 2.45) is 5.73 Å². The third-order valence-electron chi connectivity index (χ3n) is 3.60. The number of nitrogens with one attached hydrogen (secondary N) is 1. The van der Waals surface area contributed by atoms with Crippen molar-refractivity contribution in [1.82, 2.24) is 9.97 Å². The van der Waals surface area contributed by atoms with Gasteiger partial charge in [-0.1, -0.05) is 42.7 Å². The largest absolute Gasteiger partial charge is 0.370 e. The third-order valence-corrected chi connectivity index (χ3v) is 3.60. The Morgan fingerprint density at radius 2 is 1.68 bits per heavy atom. The standard InChI is InChI=1S/C18H26N4/c1-14-7-9-16(10-8-14)18-21-15(2)13-17(22-18)20-12-6-4-3-5-11-19/h7-10,13H,3-6,11-12,19H2,1-2H3,(H,20,21,22). The highest BCUT2D eigenvalue weighted by Gasteiger charge is 2.04. The topological polar surface area (TPSA) is 63.8 Å². The van der Waals surface area contributed by atoms with E-state index in [2.05, 4.69) is 46.5 Å². The summed E-state index contributed by atoms with van der Waals surface area (Å²) < 4.78 is 0. The van der Waals surface area contributed by atoms with E-state index in [1.165, 1.54) is 18.4 Å². The van der Waals surface area contributed by atoms with Crippen LogP contribution in [0.1, 0.15) is 36.9 Å². The Balaban J connectivity index is 1.96. The second kappa shape index (κ2) is 8.49. The van der Waals surface area contributed by atoms with Crippen molar-refractivity contribution in [3.8, 4) is 11.4 Å². The molecular weight excluding hydrogens is 272 g/mol. The van der Waals surface area contributed by atoms with E-state index in [9.17, 15) is 0 Å². The summed E-state index contributed by atoms with van der Waals surface area (Å²) in [5.41, 5.74) is 8.78. The zero-order valence-corrected chi connectivity index (χ0v) is 13.6. The molecule has 0 saturated carbocycles. The number of unbranched alkanes of at least 4 members (excludes halogenated alkanes) is 3. The summed E-state index contributed by atoms with van der Waals surface area (Å²) in [5, 5.41) is 3.40. The van der Waals surface area contributed by atoms with Crippen LogP contribution in [0.2, 0.25) is 0 Å². The summed E-state index contributed by atoms with van der Waals surface area (Å²) in [6.45, 7) is 5.82. The fraction of sp³-hybridized carbons (Fsp3) is 0.444. The minimum atomic E-state index is 0.783. The van der Waals surface area contributed by atoms with E-state index >= 15 is 0 Å². The molecule has 0 fully saturated rings. The van der Waals surface area contributed by atoms with Gasteiger partial charge in [0.2, 0.25) is 0 Å². The molecule has 2 rings (SSSR count). The highest BCUT2D eigenvalue weighted by molar-refractivity contribution is 5.58. The molecule has 3 N–H and O–H groups in total. The van der Waals surface area contributed by atoms with Crippen LogP contribution in [0, 0.1) is 13.8 Å². The van der Waals surface area contributed by atoms with E-state index in [0.717, 1.165) is 48.8 Å². The summed E-state index contributed by atoms with van der Waals surface area (Å²) in [6, 6.07) is 10.3. The zero-order chi connectivity index (χ0) is 15.8. The Kier molecular flexibility index (Phi) is 6.34. The van der Waals surface area contributed by atoms with E-state index in [4.69, 9.17) is 5.73 Å². The molecule has 22 heavy (non-hydrogen) atoms. The predicted octanol–water partition coefficient (Wildman–Crippen LogP) is 3.69. The Bertz CT molecular complexity index is 578. The average molecular weight is 298 g/mol. The lowest BCUT2D eigenvalue weighted by Crippen LogP contribution is -2.06. The first kappa shape index (κ1) is 16.4. The summed E-state index contributed by atoms with van der Waals surface area (Å²) >= 11 is 0. The van der Waals surface area contributed by atoms with Gasteiger partial charge < -0.3 is 11.1 Å². The molecule has 0 aliphatic carbocycles. The van der Waals surface area contributed by atoms with Crippen LogP contribution in [0.5, 0.6) is 0 Å². The van der Waals surface area contributed by atoms with Crippen LogP contribution in [-0.4, -0.2) is 23.1 Å². The molecule has 0 aliphatic rings. The Labute approximate surface area is 133 Å². The molecule has 0 atom stereocenters. The maximum Gasteiger partial charge on any atom is 0.161 e. The molecule has 0 amide bonds. The van der Waals surface area contributed by atoms with Crippen LogP contribution in [0.3, 0.4) is 0 Å². The van der Waals surface area contributed by atoms with Gasteiger partial charge in [0.05, 0.1) is 0 Å². The lowest BCUT2D eigenvalue weighted by molar-refractivity contribution is 0.661. The van der Waals surface area contributed by atoms with Crippen LogP contribution in [0.15, 0.2) is 30.3 Å². The van der Waals surface area contributed by atoms with Gasteiger partial charge in [-0.05, 0) is 33.2 Å². The van der Waals surface area contributed by atoms with E-state index in [-0.39, 0.29) is 0 Å². The molecule has 1 heterocycles. The number of aromatic nitrogens is 2. The van der Waals surface area contributed by atoms with Gasteiger partial charge in [0, 0.05) is 23.9 Å². The molecule has 0 unspecified atom stereocenters. The number of hydrogen-bond acceptors (Lipinski definition) is 4. The molecule has 0 aliphatic heterocycles. The average Bonchev–Trinajstić information content (AvgIpc) is 2.51. The quantitative estimate of drug-likeness (QED) is 0.730. The highest BCUT2D eigenvalue weighted by atomic mass is 15.0. The maximum absolute atomic E-state index is 5.50. The van der Waals surface area contributed by atoms with Crippen molar-refractivity contribution in [2.75, 3.05) is 18.4 Å². The smallest absolute Gasteiger partial charge is 0.161 e. The number of anilines is 1. The van der Waals surface area contributed by atoms with E-state index < -0.39 is 0 Å². The Hall–Kier alpha value is -1.94. The number of hydrogen-bond donors (Lipinski definition) is 2. The monoisotopic (exact) mass is 298 g/mol. The normalized spacial score (nSPS) is 10.7. The molecule has 1 aromatic carbocycles. The maximum atomic E-state index is 5.50. The van der Waals surface area contributed by atoms with Crippen LogP contribution < -0.4 is 11.1 Å². The van der Waals surface area contributed by atoms with Crippen molar-refractivity contribution in [2.45, 2.75) is 39.5 Å². The Morgan fingerprint density at radius 1 is 0.955 bits per heavy atom. The van der Waals surface area contributed by atoms with Crippen LogP contribution >= 0.6 is 0 Å². The van der Waals surface area contributed by atoms with Gasteiger partial charge in [-0.3, -0.25) is 0 Å². The van der Waals surface area contributed by atoms with Crippen LogP contribution in [-0.2, 0) is 0 Å². The molecule has 1 aromatic heterocycles. The number of benzene rings is 1. The molecule has 4 heteroatoms. The van der Waals surface area contributed by atoms with E-state index in [0.29, 0.717) is 0 Å². The molecule has 0 saturated heterocycles. The minimum Gasteiger partial charge on any atom is -0.370 e. The molecule has 0 spiro atoms. The van der Waals surface area contributed by atoms with Gasteiger partial charge in [0.25, 0.3) is 0 Å². The second-order valence-electron chi connectivity index (χ2n) is 5.71. The molecule has 118 valence electrons. The Morgan fingerprint density at radius 3 is 2.41 bits per heavy atom. The van der Waals surface area contributed by atoms with Crippen LogP contribution in [0.25, 0.3) is 11.4 Å². The predicted molar refractivity (Wildman–Crippen MR) is 93.0 cm³/mol. The van der Waals surface area contributed by atoms with Gasteiger partial charge in [-0.15, -0.1) is 0 Å². The lowest BCUT2D eigenvalue weighted by Gasteiger charge is -2.09. The summed E-state index contributed by atoms with van der Waals surface area (Å²) in [5.74, 6) is 1.69. The zero-order valence-electron chi connectivity index (χ0n) is 13.6. The van der Waals surface area contributed by atoms with Gasteiger partial charge in [-0.25, -0.2) is 9.97 Å². The molecular formula is C18H26N4. The SMILES string of the molecule is Cc1ccc(-c2nc(C)cc(NCCCCCCN)n2)cc1. The fourth-order valence-electron chi connectivity index (χ4n) is 2.33. The first-order valence-corrected chi connectivity index (χ1v) is 8.05. The van der Waals surface area contributed by atoms with Crippen LogP contribution in [0.4, 0.5) is 5.82 Å². The number of nitrogens with two attached hydrogens (primary N) is 1. The van der Waals surface area contributed by atoms with E-state index in [1.54, 1.807) is 0 Å². The van der Waals surface area contributed by atoms with Gasteiger partial charge in [-0.2, -0.15) is 0 Å². The summed E-state index contributed by atoms with van der Waals surface area (Å²) in [4.78, 5) is 9.16.